The van der Waals surface area contributed by atoms with E-state index in [0.29, 0.717) is 23.6 Å². The molecule has 1 amide bonds. The van der Waals surface area contributed by atoms with Gasteiger partial charge in [-0.25, -0.2) is 0 Å². The smallest absolute Gasteiger partial charge is 0.300 e. The Hall–Kier alpha value is -4.06. The summed E-state index contributed by atoms with van der Waals surface area (Å²) < 4.78 is 5.48. The average Bonchev–Trinajstić information content (AvgIpc) is 3.10. The van der Waals surface area contributed by atoms with Gasteiger partial charge in [-0.1, -0.05) is 29.8 Å². The Kier molecular flexibility index (Phi) is 6.41. The highest BCUT2D eigenvalue weighted by molar-refractivity contribution is 6.51. The van der Waals surface area contributed by atoms with Gasteiger partial charge in [-0.3, -0.25) is 14.5 Å². The molecule has 0 radical (unpaired) electrons. The molecule has 1 fully saturated rings. The largest absolute Gasteiger partial charge is 0.507 e. The summed E-state index contributed by atoms with van der Waals surface area (Å²) >= 11 is 0. The standard InChI is InChI=1S/C28H28N2O4/c1-5-34-23-15-9-19(10-16-23)26(31)24-25(20-8-6-7-18(2)17-20)30(28(33)27(24)32)22-13-11-21(12-14-22)29(3)4/h6-17,25,31H,5H2,1-4H3/b26-24-. The summed E-state index contributed by atoms with van der Waals surface area (Å²) in [4.78, 5) is 30.0. The first-order chi connectivity index (χ1) is 16.3. The first-order valence-corrected chi connectivity index (χ1v) is 11.2. The summed E-state index contributed by atoms with van der Waals surface area (Å²) in [5.74, 6) is -0.929. The summed E-state index contributed by atoms with van der Waals surface area (Å²) in [7, 11) is 3.87. The summed E-state index contributed by atoms with van der Waals surface area (Å²) in [6.45, 7) is 4.37. The van der Waals surface area contributed by atoms with E-state index in [0.717, 1.165) is 16.8 Å². The molecule has 1 saturated heterocycles. The van der Waals surface area contributed by atoms with E-state index < -0.39 is 17.7 Å². The summed E-state index contributed by atoms with van der Waals surface area (Å²) in [6, 6.07) is 21.2. The van der Waals surface area contributed by atoms with Crippen LogP contribution in [0.2, 0.25) is 0 Å². The maximum atomic E-state index is 13.3. The molecule has 0 bridgehead atoms. The van der Waals surface area contributed by atoms with E-state index in [9.17, 15) is 14.7 Å². The van der Waals surface area contributed by atoms with E-state index in [1.165, 1.54) is 4.90 Å². The van der Waals surface area contributed by atoms with Crippen molar-refractivity contribution in [3.05, 3.63) is 95.1 Å². The van der Waals surface area contributed by atoms with Crippen molar-refractivity contribution in [1.29, 1.82) is 0 Å². The lowest BCUT2D eigenvalue weighted by atomic mass is 9.94. The molecule has 1 aliphatic rings. The van der Waals surface area contributed by atoms with Crippen molar-refractivity contribution in [2.45, 2.75) is 19.9 Å². The lowest BCUT2D eigenvalue weighted by molar-refractivity contribution is -0.132. The van der Waals surface area contributed by atoms with Crippen molar-refractivity contribution in [3.8, 4) is 5.75 Å². The molecule has 6 heteroatoms. The monoisotopic (exact) mass is 456 g/mol. The highest BCUT2D eigenvalue weighted by atomic mass is 16.5. The minimum atomic E-state index is -0.753. The molecule has 0 aliphatic carbocycles. The number of rotatable bonds is 6. The van der Waals surface area contributed by atoms with Gasteiger partial charge in [-0.2, -0.15) is 0 Å². The second kappa shape index (κ2) is 9.43. The number of Topliss-reactive ketones (excluding diaryl/α,β-unsaturated/α-hetero) is 1. The molecule has 1 aliphatic heterocycles. The maximum absolute atomic E-state index is 13.3. The molecule has 174 valence electrons. The van der Waals surface area contributed by atoms with E-state index in [1.807, 2.05) is 81.4 Å². The fourth-order valence-electron chi connectivity index (χ4n) is 4.20. The number of ketones is 1. The van der Waals surface area contributed by atoms with E-state index in [1.54, 1.807) is 24.3 Å². The molecule has 1 unspecified atom stereocenters. The molecule has 0 aromatic heterocycles. The van der Waals surface area contributed by atoms with Gasteiger partial charge in [0.2, 0.25) is 0 Å². The van der Waals surface area contributed by atoms with Gasteiger partial charge in [0.05, 0.1) is 18.2 Å². The topological polar surface area (TPSA) is 70.1 Å². The third-order valence-electron chi connectivity index (χ3n) is 5.89. The van der Waals surface area contributed by atoms with Crippen molar-refractivity contribution in [2.75, 3.05) is 30.5 Å². The Morgan fingerprint density at radius 3 is 2.26 bits per heavy atom. The zero-order valence-corrected chi connectivity index (χ0v) is 19.8. The van der Waals surface area contributed by atoms with Gasteiger partial charge >= 0.3 is 0 Å². The van der Waals surface area contributed by atoms with Gasteiger partial charge in [0.25, 0.3) is 11.7 Å². The molecule has 34 heavy (non-hydrogen) atoms. The molecular formula is C28H28N2O4. The second-order valence-electron chi connectivity index (χ2n) is 8.45. The van der Waals surface area contributed by atoms with Crippen LogP contribution in [0.25, 0.3) is 5.76 Å². The predicted octanol–water partition coefficient (Wildman–Crippen LogP) is 5.09. The van der Waals surface area contributed by atoms with Gasteiger partial charge in [0.1, 0.15) is 11.5 Å². The van der Waals surface area contributed by atoms with Crippen LogP contribution >= 0.6 is 0 Å². The van der Waals surface area contributed by atoms with Crippen molar-refractivity contribution >= 4 is 28.8 Å². The number of amides is 1. The van der Waals surface area contributed by atoms with Crippen molar-refractivity contribution in [2.24, 2.45) is 0 Å². The van der Waals surface area contributed by atoms with Crippen LogP contribution in [0.4, 0.5) is 11.4 Å². The third kappa shape index (κ3) is 4.27. The molecule has 3 aromatic carbocycles. The Balaban J connectivity index is 1.87. The van der Waals surface area contributed by atoms with Gasteiger partial charge in [0.15, 0.2) is 0 Å². The molecule has 1 heterocycles. The average molecular weight is 457 g/mol. The molecule has 1 atom stereocenters. The van der Waals surface area contributed by atoms with Crippen LogP contribution in [0, 0.1) is 6.92 Å². The number of nitrogens with zero attached hydrogens (tertiary/aromatic N) is 2. The van der Waals surface area contributed by atoms with Crippen LogP contribution in [0.5, 0.6) is 5.75 Å². The van der Waals surface area contributed by atoms with Crippen LogP contribution < -0.4 is 14.5 Å². The number of ether oxygens (including phenoxy) is 1. The number of carbonyl (C=O) groups is 2. The highest BCUT2D eigenvalue weighted by Gasteiger charge is 2.47. The molecule has 1 N–H and O–H groups in total. The fourth-order valence-corrected chi connectivity index (χ4v) is 4.20. The zero-order chi connectivity index (χ0) is 24.4. The number of aliphatic hydroxyl groups is 1. The number of hydrogen-bond donors (Lipinski definition) is 1. The summed E-state index contributed by atoms with van der Waals surface area (Å²) in [5.41, 5.74) is 3.82. The maximum Gasteiger partial charge on any atom is 0.300 e. The number of anilines is 2. The number of carbonyl (C=O) groups excluding carboxylic acids is 2. The summed E-state index contributed by atoms with van der Waals surface area (Å²) in [5, 5.41) is 11.2. The third-order valence-corrected chi connectivity index (χ3v) is 5.89. The van der Waals surface area contributed by atoms with Gasteiger partial charge < -0.3 is 14.7 Å². The Labute approximate surface area is 199 Å². The van der Waals surface area contributed by atoms with Gasteiger partial charge in [-0.15, -0.1) is 0 Å². The lowest BCUT2D eigenvalue weighted by Gasteiger charge is -2.26. The number of hydrogen-bond acceptors (Lipinski definition) is 5. The van der Waals surface area contributed by atoms with E-state index >= 15 is 0 Å². The summed E-state index contributed by atoms with van der Waals surface area (Å²) in [6.07, 6.45) is 0. The minimum absolute atomic E-state index is 0.0662. The normalized spacial score (nSPS) is 17.2. The van der Waals surface area contributed by atoms with E-state index in [-0.39, 0.29) is 11.3 Å². The molecule has 0 spiro atoms. The lowest BCUT2D eigenvalue weighted by Crippen LogP contribution is -2.29. The van der Waals surface area contributed by atoms with Crippen LogP contribution in [-0.2, 0) is 9.59 Å². The van der Waals surface area contributed by atoms with Crippen molar-refractivity contribution in [1.82, 2.24) is 0 Å². The predicted molar refractivity (Wildman–Crippen MR) is 134 cm³/mol. The number of aliphatic hydroxyl groups excluding tert-OH is 1. The van der Waals surface area contributed by atoms with Crippen LogP contribution in [-0.4, -0.2) is 37.5 Å². The highest BCUT2D eigenvalue weighted by Crippen LogP contribution is 2.42. The number of aryl methyl sites for hydroxylation is 1. The van der Waals surface area contributed by atoms with Gasteiger partial charge in [-0.05, 0) is 67.9 Å². The number of benzene rings is 3. The fraction of sp³-hybridized carbons (Fsp3) is 0.214. The van der Waals surface area contributed by atoms with Crippen molar-refractivity contribution < 1.29 is 19.4 Å². The molecule has 0 saturated carbocycles. The van der Waals surface area contributed by atoms with E-state index in [2.05, 4.69) is 0 Å². The van der Waals surface area contributed by atoms with Gasteiger partial charge in [0, 0.05) is 31.0 Å². The first-order valence-electron chi connectivity index (χ1n) is 11.2. The molecule has 6 nitrogen and oxygen atoms in total. The van der Waals surface area contributed by atoms with Crippen LogP contribution in [0.1, 0.15) is 29.7 Å². The first kappa shape index (κ1) is 23.1. The Morgan fingerprint density at radius 1 is 1.00 bits per heavy atom. The van der Waals surface area contributed by atoms with Crippen LogP contribution in [0.3, 0.4) is 0 Å². The molecule has 3 aromatic rings. The van der Waals surface area contributed by atoms with Crippen LogP contribution in [0.15, 0.2) is 78.4 Å². The second-order valence-corrected chi connectivity index (χ2v) is 8.45. The van der Waals surface area contributed by atoms with E-state index in [4.69, 9.17) is 4.74 Å². The SMILES string of the molecule is CCOc1ccc(/C(O)=C2/C(=O)C(=O)N(c3ccc(N(C)C)cc3)C2c2cccc(C)c2)cc1. The Bertz CT molecular complexity index is 1240. The molecular weight excluding hydrogens is 428 g/mol. The molecule has 4 rings (SSSR count). The van der Waals surface area contributed by atoms with Crippen molar-refractivity contribution in [3.63, 3.8) is 0 Å². The quantitative estimate of drug-likeness (QED) is 0.318. The Morgan fingerprint density at radius 2 is 1.68 bits per heavy atom. The minimum Gasteiger partial charge on any atom is -0.507 e. The zero-order valence-electron chi connectivity index (χ0n) is 19.8.